The van der Waals surface area contributed by atoms with Crippen LogP contribution in [-0.2, 0) is 10.2 Å². The molecule has 0 saturated carbocycles. The third-order valence-electron chi connectivity index (χ3n) is 5.26. The highest BCUT2D eigenvalue weighted by Crippen LogP contribution is 2.48. The van der Waals surface area contributed by atoms with Crippen LogP contribution in [0.25, 0.3) is 0 Å². The zero-order valence-corrected chi connectivity index (χ0v) is 15.1. The molecule has 2 heterocycles. The SMILES string of the molecule is CC(=O)N1N=C(c2ccccc2F)[B]C12c1ccccc1OC[C@H]2CCN. The third-order valence-corrected chi connectivity index (χ3v) is 5.26. The van der Waals surface area contributed by atoms with E-state index in [1.807, 2.05) is 31.5 Å². The van der Waals surface area contributed by atoms with Crippen molar-refractivity contribution in [1.29, 1.82) is 0 Å². The summed E-state index contributed by atoms with van der Waals surface area (Å²) in [6.45, 7) is 2.34. The standard InChI is InChI=1S/C20H20BFN3O2/c1-13(26)25-20(21-19(24-25)15-6-2-4-8-17(15)22)14(10-11-23)12-27-18-9-5-3-7-16(18)20/h2-9,14H,10-12,23H2,1H3/t14-,20?/m1/s1. The van der Waals surface area contributed by atoms with Crippen LogP contribution in [0.5, 0.6) is 5.75 Å². The molecule has 1 radical (unpaired) electrons. The highest BCUT2D eigenvalue weighted by atomic mass is 19.1. The molecule has 2 aliphatic heterocycles. The second kappa shape index (κ2) is 6.81. The first kappa shape index (κ1) is 17.7. The maximum absolute atomic E-state index is 14.4. The number of rotatable bonds is 3. The predicted molar refractivity (Wildman–Crippen MR) is 102 cm³/mol. The van der Waals surface area contributed by atoms with Crippen LogP contribution in [0.3, 0.4) is 0 Å². The van der Waals surface area contributed by atoms with Crippen molar-refractivity contribution in [2.75, 3.05) is 13.2 Å². The van der Waals surface area contributed by atoms with Crippen LogP contribution in [0, 0.1) is 11.7 Å². The maximum Gasteiger partial charge on any atom is 0.239 e. The van der Waals surface area contributed by atoms with Crippen molar-refractivity contribution < 1.29 is 13.9 Å². The van der Waals surface area contributed by atoms with Gasteiger partial charge in [0.05, 0.1) is 12.0 Å². The van der Waals surface area contributed by atoms with Crippen LogP contribution in [-0.4, -0.2) is 37.0 Å². The molecule has 4 rings (SSSR count). The quantitative estimate of drug-likeness (QED) is 0.850. The van der Waals surface area contributed by atoms with Gasteiger partial charge in [-0.05, 0) is 25.1 Å². The number of nitrogens with zero attached hydrogens (tertiary/aromatic N) is 2. The van der Waals surface area contributed by atoms with Crippen molar-refractivity contribution in [2.24, 2.45) is 16.8 Å². The van der Waals surface area contributed by atoms with E-state index in [9.17, 15) is 9.18 Å². The van der Waals surface area contributed by atoms with E-state index in [2.05, 4.69) is 5.10 Å². The smallest absolute Gasteiger partial charge is 0.239 e. The molecule has 2 aliphatic rings. The summed E-state index contributed by atoms with van der Waals surface area (Å²) in [7, 11) is 1.90. The Balaban J connectivity index is 1.89. The number of carbonyl (C=O) groups excluding carboxylic acids is 1. The highest BCUT2D eigenvalue weighted by Gasteiger charge is 2.55. The van der Waals surface area contributed by atoms with Gasteiger partial charge in [0, 0.05) is 29.6 Å². The van der Waals surface area contributed by atoms with Gasteiger partial charge in [0.15, 0.2) is 0 Å². The van der Waals surface area contributed by atoms with Gasteiger partial charge in [-0.2, -0.15) is 5.10 Å². The number of benzene rings is 2. The highest BCUT2D eigenvalue weighted by molar-refractivity contribution is 6.82. The number of ether oxygens (including phenoxy) is 1. The first-order valence-electron chi connectivity index (χ1n) is 9.00. The number of carbonyl (C=O) groups is 1. The normalized spacial score (nSPS) is 23.4. The molecule has 1 unspecified atom stereocenters. The number of hydrazone groups is 1. The van der Waals surface area contributed by atoms with E-state index in [1.54, 1.807) is 18.2 Å². The molecule has 2 aromatic rings. The van der Waals surface area contributed by atoms with E-state index in [0.717, 1.165) is 5.56 Å². The summed E-state index contributed by atoms with van der Waals surface area (Å²) >= 11 is 0. The van der Waals surface area contributed by atoms with E-state index in [0.29, 0.717) is 36.5 Å². The van der Waals surface area contributed by atoms with E-state index in [-0.39, 0.29) is 17.6 Å². The molecule has 5 nitrogen and oxygen atoms in total. The second-order valence-corrected chi connectivity index (χ2v) is 6.85. The fourth-order valence-corrected chi connectivity index (χ4v) is 4.07. The molecular formula is C20H20BFN3O2. The lowest BCUT2D eigenvalue weighted by atomic mass is 9.46. The number of amides is 1. The molecule has 0 saturated heterocycles. The van der Waals surface area contributed by atoms with E-state index in [4.69, 9.17) is 10.5 Å². The van der Waals surface area contributed by atoms with Gasteiger partial charge >= 0.3 is 0 Å². The molecule has 1 amide bonds. The third kappa shape index (κ3) is 2.73. The summed E-state index contributed by atoms with van der Waals surface area (Å²) in [6.07, 6.45) is 0.648. The summed E-state index contributed by atoms with van der Waals surface area (Å²) in [6, 6.07) is 14.1. The molecular weight excluding hydrogens is 344 g/mol. The van der Waals surface area contributed by atoms with Crippen molar-refractivity contribution in [1.82, 2.24) is 5.01 Å². The average Bonchev–Trinajstić information content (AvgIpc) is 3.06. The van der Waals surface area contributed by atoms with Crippen molar-refractivity contribution in [3.05, 3.63) is 65.5 Å². The molecule has 0 bridgehead atoms. The van der Waals surface area contributed by atoms with Crippen molar-refractivity contribution >= 4 is 18.8 Å². The second-order valence-electron chi connectivity index (χ2n) is 6.85. The largest absolute Gasteiger partial charge is 0.493 e. The lowest BCUT2D eigenvalue weighted by Crippen LogP contribution is -2.56. The Kier molecular flexibility index (Phi) is 4.47. The Hall–Kier alpha value is -2.67. The summed E-state index contributed by atoms with van der Waals surface area (Å²) in [5.41, 5.74) is 6.68. The van der Waals surface area contributed by atoms with Crippen molar-refractivity contribution in [3.8, 4) is 5.75 Å². The minimum absolute atomic E-state index is 0.0886. The van der Waals surface area contributed by atoms with Crippen LogP contribution in [0.1, 0.15) is 24.5 Å². The molecule has 27 heavy (non-hydrogen) atoms. The summed E-state index contributed by atoms with van der Waals surface area (Å²) < 4.78 is 20.3. The molecule has 0 aromatic heterocycles. The molecule has 1 spiro atoms. The Bertz CT molecular complexity index is 920. The van der Waals surface area contributed by atoms with Gasteiger partial charge in [0.25, 0.3) is 0 Å². The number of nitrogens with two attached hydrogens (primary N) is 1. The lowest BCUT2D eigenvalue weighted by Gasteiger charge is -2.46. The van der Waals surface area contributed by atoms with Crippen LogP contribution in [0.4, 0.5) is 4.39 Å². The van der Waals surface area contributed by atoms with Gasteiger partial charge in [0.2, 0.25) is 13.2 Å². The predicted octanol–water partition coefficient (Wildman–Crippen LogP) is 2.26. The summed E-state index contributed by atoms with van der Waals surface area (Å²) in [5.74, 6) is 0.0349. The number of para-hydroxylation sites is 1. The van der Waals surface area contributed by atoms with Gasteiger partial charge in [0.1, 0.15) is 11.6 Å². The Morgan fingerprint density at radius 2 is 2.07 bits per heavy atom. The van der Waals surface area contributed by atoms with Gasteiger partial charge < -0.3 is 10.5 Å². The van der Waals surface area contributed by atoms with E-state index >= 15 is 0 Å². The molecule has 2 aromatic carbocycles. The van der Waals surface area contributed by atoms with Crippen molar-refractivity contribution in [3.63, 3.8) is 0 Å². The average molecular weight is 364 g/mol. The Morgan fingerprint density at radius 1 is 1.33 bits per heavy atom. The van der Waals surface area contributed by atoms with Gasteiger partial charge in [-0.15, -0.1) is 0 Å². The minimum atomic E-state index is -0.836. The molecule has 0 fully saturated rings. The molecule has 2 N–H and O–H groups in total. The van der Waals surface area contributed by atoms with E-state index < -0.39 is 5.44 Å². The zero-order valence-electron chi connectivity index (χ0n) is 15.1. The summed E-state index contributed by atoms with van der Waals surface area (Å²) in [5, 5.41) is 6.00. The van der Waals surface area contributed by atoms with Crippen LogP contribution in [0.2, 0.25) is 0 Å². The van der Waals surface area contributed by atoms with Gasteiger partial charge in [-0.3, -0.25) is 4.79 Å². The fourth-order valence-electron chi connectivity index (χ4n) is 4.07. The zero-order chi connectivity index (χ0) is 19.0. The van der Waals surface area contributed by atoms with Crippen LogP contribution in [0.15, 0.2) is 53.6 Å². The monoisotopic (exact) mass is 364 g/mol. The maximum atomic E-state index is 14.4. The van der Waals surface area contributed by atoms with Gasteiger partial charge in [-0.1, -0.05) is 36.4 Å². The summed E-state index contributed by atoms with van der Waals surface area (Å²) in [4.78, 5) is 12.6. The molecule has 2 atom stereocenters. The minimum Gasteiger partial charge on any atom is -0.493 e. The molecule has 137 valence electrons. The first-order valence-corrected chi connectivity index (χ1v) is 9.00. The lowest BCUT2D eigenvalue weighted by molar-refractivity contribution is -0.135. The van der Waals surface area contributed by atoms with Crippen molar-refractivity contribution in [2.45, 2.75) is 18.8 Å². The van der Waals surface area contributed by atoms with Gasteiger partial charge in [-0.25, -0.2) is 9.40 Å². The van der Waals surface area contributed by atoms with Crippen LogP contribution >= 0.6 is 0 Å². The fraction of sp³-hybridized carbons (Fsp3) is 0.300. The van der Waals surface area contributed by atoms with Crippen LogP contribution < -0.4 is 10.5 Å². The number of fused-ring (bicyclic) bond motifs is 2. The molecule has 7 heteroatoms. The Morgan fingerprint density at radius 3 is 2.81 bits per heavy atom. The first-order chi connectivity index (χ1) is 13.1. The number of halogens is 1. The number of hydrogen-bond donors (Lipinski definition) is 1. The molecule has 0 aliphatic carbocycles. The van der Waals surface area contributed by atoms with E-state index in [1.165, 1.54) is 18.0 Å². The number of hydrogen-bond acceptors (Lipinski definition) is 4. The topological polar surface area (TPSA) is 67.9 Å². The Labute approximate surface area is 158 Å².